The number of amides is 1. The largest absolute Gasteiger partial charge is 0.333 e. The number of carbonyl (C=O) groups is 1. The van der Waals surface area contributed by atoms with Crippen molar-refractivity contribution in [1.82, 2.24) is 24.6 Å². The SMILES string of the molecule is CC(=O)N1CCC[C@H]1c1nnc2n1CCN(Cc1ccc(F)cc1)CC2. The highest BCUT2D eigenvalue weighted by atomic mass is 19.1. The van der Waals surface area contributed by atoms with Gasteiger partial charge in [0.05, 0.1) is 6.04 Å². The normalized spacial score (nSPS) is 20.8. The van der Waals surface area contributed by atoms with E-state index in [0.717, 1.165) is 69.2 Å². The summed E-state index contributed by atoms with van der Waals surface area (Å²) in [4.78, 5) is 16.2. The van der Waals surface area contributed by atoms with Crippen LogP contribution >= 0.6 is 0 Å². The summed E-state index contributed by atoms with van der Waals surface area (Å²) in [7, 11) is 0. The van der Waals surface area contributed by atoms with Gasteiger partial charge in [0.15, 0.2) is 5.82 Å². The van der Waals surface area contributed by atoms with Crippen molar-refractivity contribution in [2.75, 3.05) is 19.6 Å². The Morgan fingerprint density at radius 3 is 2.73 bits per heavy atom. The molecule has 6 nitrogen and oxygen atoms in total. The number of aromatic nitrogens is 3. The number of likely N-dealkylation sites (tertiary alicyclic amines) is 1. The molecule has 0 unspecified atom stereocenters. The quantitative estimate of drug-likeness (QED) is 0.845. The van der Waals surface area contributed by atoms with Gasteiger partial charge in [0.2, 0.25) is 5.91 Å². The van der Waals surface area contributed by atoms with E-state index in [1.165, 1.54) is 12.1 Å². The van der Waals surface area contributed by atoms with E-state index < -0.39 is 0 Å². The van der Waals surface area contributed by atoms with E-state index in [4.69, 9.17) is 0 Å². The van der Waals surface area contributed by atoms with Crippen molar-refractivity contribution in [2.45, 2.75) is 45.3 Å². The Balaban J connectivity index is 1.48. The van der Waals surface area contributed by atoms with Gasteiger partial charge in [-0.05, 0) is 30.5 Å². The maximum absolute atomic E-state index is 13.1. The second kappa shape index (κ2) is 7.15. The number of hydrogen-bond donors (Lipinski definition) is 0. The monoisotopic (exact) mass is 357 g/mol. The maximum atomic E-state index is 13.1. The van der Waals surface area contributed by atoms with Gasteiger partial charge in [-0.1, -0.05) is 12.1 Å². The first kappa shape index (κ1) is 17.1. The van der Waals surface area contributed by atoms with Crippen molar-refractivity contribution in [2.24, 2.45) is 0 Å². The van der Waals surface area contributed by atoms with E-state index in [9.17, 15) is 9.18 Å². The molecule has 7 heteroatoms. The van der Waals surface area contributed by atoms with Crippen LogP contribution in [0.15, 0.2) is 24.3 Å². The highest BCUT2D eigenvalue weighted by Gasteiger charge is 2.33. The van der Waals surface area contributed by atoms with E-state index in [1.54, 1.807) is 6.92 Å². The predicted octanol–water partition coefficient (Wildman–Crippen LogP) is 2.16. The highest BCUT2D eigenvalue weighted by molar-refractivity contribution is 5.74. The molecule has 0 aliphatic carbocycles. The second-order valence-corrected chi connectivity index (χ2v) is 7.15. The lowest BCUT2D eigenvalue weighted by Crippen LogP contribution is -2.31. The van der Waals surface area contributed by atoms with Crippen molar-refractivity contribution < 1.29 is 9.18 Å². The third-order valence-electron chi connectivity index (χ3n) is 5.42. The zero-order valence-corrected chi connectivity index (χ0v) is 15.1. The summed E-state index contributed by atoms with van der Waals surface area (Å²) in [5.74, 6) is 1.83. The average molecular weight is 357 g/mol. The van der Waals surface area contributed by atoms with Crippen LogP contribution in [0.25, 0.3) is 0 Å². The number of carbonyl (C=O) groups excluding carboxylic acids is 1. The molecule has 0 spiro atoms. The Bertz CT molecular complexity index is 788. The van der Waals surface area contributed by atoms with Crippen LogP contribution in [0.4, 0.5) is 4.39 Å². The lowest BCUT2D eigenvalue weighted by molar-refractivity contribution is -0.129. The lowest BCUT2D eigenvalue weighted by Gasteiger charge is -2.23. The van der Waals surface area contributed by atoms with Gasteiger partial charge in [-0.15, -0.1) is 10.2 Å². The third kappa shape index (κ3) is 3.35. The molecular weight excluding hydrogens is 333 g/mol. The van der Waals surface area contributed by atoms with E-state index in [2.05, 4.69) is 19.7 Å². The first-order valence-electron chi connectivity index (χ1n) is 9.28. The van der Waals surface area contributed by atoms with Crippen LogP contribution in [-0.4, -0.2) is 50.1 Å². The van der Waals surface area contributed by atoms with Crippen LogP contribution in [0.3, 0.4) is 0 Å². The molecular formula is C19H24FN5O. The summed E-state index contributed by atoms with van der Waals surface area (Å²) in [6, 6.07) is 6.76. The van der Waals surface area contributed by atoms with Gasteiger partial charge in [-0.3, -0.25) is 9.69 Å². The average Bonchev–Trinajstić information content (AvgIpc) is 3.21. The van der Waals surface area contributed by atoms with Gasteiger partial charge in [0.1, 0.15) is 11.6 Å². The molecule has 2 aliphatic heterocycles. The molecule has 0 saturated carbocycles. The predicted molar refractivity (Wildman–Crippen MR) is 94.8 cm³/mol. The van der Waals surface area contributed by atoms with Gasteiger partial charge >= 0.3 is 0 Å². The Hall–Kier alpha value is -2.28. The summed E-state index contributed by atoms with van der Waals surface area (Å²) in [5.41, 5.74) is 1.11. The number of hydrogen-bond acceptors (Lipinski definition) is 4. The summed E-state index contributed by atoms with van der Waals surface area (Å²) in [6.45, 7) is 5.85. The van der Waals surface area contributed by atoms with Crippen LogP contribution < -0.4 is 0 Å². The molecule has 138 valence electrons. The number of nitrogens with zero attached hydrogens (tertiary/aromatic N) is 5. The lowest BCUT2D eigenvalue weighted by atomic mass is 10.2. The number of benzene rings is 1. The minimum atomic E-state index is -0.202. The Morgan fingerprint density at radius 2 is 1.96 bits per heavy atom. The van der Waals surface area contributed by atoms with Crippen molar-refractivity contribution in [3.63, 3.8) is 0 Å². The van der Waals surface area contributed by atoms with Gasteiger partial charge < -0.3 is 9.47 Å². The molecule has 0 radical (unpaired) electrons. The molecule has 1 saturated heterocycles. The zero-order valence-electron chi connectivity index (χ0n) is 15.1. The molecule has 2 aliphatic rings. The Labute approximate surface area is 152 Å². The van der Waals surface area contributed by atoms with Crippen molar-refractivity contribution >= 4 is 5.91 Å². The smallest absolute Gasteiger partial charge is 0.220 e. The fourth-order valence-electron chi connectivity index (χ4n) is 4.05. The van der Waals surface area contributed by atoms with Gasteiger partial charge in [0, 0.05) is 46.1 Å². The molecule has 1 atom stereocenters. The van der Waals surface area contributed by atoms with Crippen molar-refractivity contribution in [1.29, 1.82) is 0 Å². The first-order chi connectivity index (χ1) is 12.6. The van der Waals surface area contributed by atoms with Gasteiger partial charge in [-0.2, -0.15) is 0 Å². The molecule has 1 aromatic heterocycles. The maximum Gasteiger partial charge on any atom is 0.220 e. The Morgan fingerprint density at radius 1 is 1.15 bits per heavy atom. The summed E-state index contributed by atoms with van der Waals surface area (Å²) < 4.78 is 15.3. The minimum Gasteiger partial charge on any atom is -0.333 e. The third-order valence-corrected chi connectivity index (χ3v) is 5.42. The molecule has 1 fully saturated rings. The molecule has 2 aromatic rings. The van der Waals surface area contributed by atoms with Crippen LogP contribution in [0.2, 0.25) is 0 Å². The summed E-state index contributed by atoms with van der Waals surface area (Å²) in [6.07, 6.45) is 2.81. The molecule has 0 N–H and O–H groups in total. The zero-order chi connectivity index (χ0) is 18.1. The molecule has 1 aromatic carbocycles. The molecule has 1 amide bonds. The summed E-state index contributed by atoms with van der Waals surface area (Å²) >= 11 is 0. The van der Waals surface area contributed by atoms with Gasteiger partial charge in [0.25, 0.3) is 0 Å². The fraction of sp³-hybridized carbons (Fsp3) is 0.526. The van der Waals surface area contributed by atoms with Gasteiger partial charge in [-0.25, -0.2) is 4.39 Å². The van der Waals surface area contributed by atoms with Crippen LogP contribution in [0, 0.1) is 5.82 Å². The van der Waals surface area contributed by atoms with E-state index in [-0.39, 0.29) is 17.8 Å². The van der Waals surface area contributed by atoms with E-state index in [1.807, 2.05) is 17.0 Å². The molecule has 3 heterocycles. The topological polar surface area (TPSA) is 54.3 Å². The van der Waals surface area contributed by atoms with Crippen molar-refractivity contribution in [3.05, 3.63) is 47.3 Å². The second-order valence-electron chi connectivity index (χ2n) is 7.15. The summed E-state index contributed by atoms with van der Waals surface area (Å²) in [5, 5.41) is 8.84. The minimum absolute atomic E-state index is 0.0531. The Kier molecular flexibility index (Phi) is 4.72. The fourth-order valence-corrected chi connectivity index (χ4v) is 4.05. The van der Waals surface area contributed by atoms with E-state index in [0.29, 0.717) is 0 Å². The van der Waals surface area contributed by atoms with Crippen LogP contribution in [-0.2, 0) is 24.3 Å². The van der Waals surface area contributed by atoms with E-state index >= 15 is 0 Å². The standard InChI is InChI=1S/C19H24FN5O/c1-14(26)24-9-2-3-17(24)19-22-21-18-8-10-23(11-12-25(18)19)13-15-4-6-16(20)7-5-15/h4-7,17H,2-3,8-13H2,1H3/t17-/m0/s1. The highest BCUT2D eigenvalue weighted by Crippen LogP contribution is 2.31. The number of halogens is 1. The number of fused-ring (bicyclic) bond motifs is 1. The van der Waals surface area contributed by atoms with Crippen LogP contribution in [0.5, 0.6) is 0 Å². The van der Waals surface area contributed by atoms with Crippen molar-refractivity contribution in [3.8, 4) is 0 Å². The first-order valence-corrected chi connectivity index (χ1v) is 9.28. The molecule has 26 heavy (non-hydrogen) atoms. The molecule has 4 rings (SSSR count). The van der Waals surface area contributed by atoms with Crippen LogP contribution in [0.1, 0.15) is 43.0 Å². The molecule has 0 bridgehead atoms. The number of rotatable bonds is 3.